The monoisotopic (exact) mass is 326 g/mol. The van der Waals surface area contributed by atoms with Gasteiger partial charge in [0.1, 0.15) is 0 Å². The zero-order valence-corrected chi connectivity index (χ0v) is 13.8. The maximum atomic E-state index is 7.15. The van der Waals surface area contributed by atoms with Crippen LogP contribution in [0.1, 0.15) is 11.3 Å². The second kappa shape index (κ2) is 5.55. The lowest BCUT2D eigenvalue weighted by molar-refractivity contribution is 0.445. The quantitative estimate of drug-likeness (QED) is 0.560. The van der Waals surface area contributed by atoms with Crippen LogP contribution in [0.3, 0.4) is 0 Å². The molecular weight excluding hydrogens is 308 g/mol. The van der Waals surface area contributed by atoms with Gasteiger partial charge in [0.2, 0.25) is 0 Å². The van der Waals surface area contributed by atoms with E-state index in [1.165, 1.54) is 0 Å². The summed E-state index contributed by atoms with van der Waals surface area (Å²) in [5.41, 5.74) is 4.29. The van der Waals surface area contributed by atoms with Gasteiger partial charge in [0.15, 0.2) is 5.00 Å². The number of H-pyrrole nitrogens is 1. The Morgan fingerprint density at radius 3 is 2.78 bits per heavy atom. The average Bonchev–Trinajstić information content (AvgIpc) is 2.98. The number of aryl methyl sites for hydroxylation is 1. The summed E-state index contributed by atoms with van der Waals surface area (Å²) in [5.74, 6) is 0. The number of benzene rings is 2. The first-order valence-electron chi connectivity index (χ1n) is 7.86. The van der Waals surface area contributed by atoms with E-state index < -0.39 is 5.00 Å². The Balaban J connectivity index is 1.89. The van der Waals surface area contributed by atoms with Crippen molar-refractivity contribution >= 4 is 28.2 Å². The van der Waals surface area contributed by atoms with Crippen molar-refractivity contribution in [3.63, 3.8) is 0 Å². The Morgan fingerprint density at radius 2 is 1.96 bits per heavy atom. The van der Waals surface area contributed by atoms with E-state index in [9.17, 15) is 0 Å². The summed E-state index contributed by atoms with van der Waals surface area (Å²) >= 11 is 7.15. The molecule has 2 aromatic carbocycles. The number of piperazine rings is 1. The summed E-state index contributed by atoms with van der Waals surface area (Å²) in [4.78, 5) is 1.70. The summed E-state index contributed by atoms with van der Waals surface area (Å²) in [6.07, 6.45) is 0. The fourth-order valence-electron chi connectivity index (χ4n) is 3.41. The summed E-state index contributed by atoms with van der Waals surface area (Å²) in [6.45, 7) is 4.52. The lowest BCUT2D eigenvalue weighted by Crippen LogP contribution is -2.56. The Hall–Kier alpha value is -2.04. The van der Waals surface area contributed by atoms with Gasteiger partial charge in [0.25, 0.3) is 0 Å². The first-order chi connectivity index (χ1) is 11.2. The third-order valence-corrected chi connectivity index (χ3v) is 5.10. The molecule has 0 aliphatic carbocycles. The Kier molecular flexibility index (Phi) is 3.51. The second-order valence-electron chi connectivity index (χ2n) is 5.97. The lowest BCUT2D eigenvalue weighted by atomic mass is 10.0. The van der Waals surface area contributed by atoms with Crippen molar-refractivity contribution in [2.24, 2.45) is 0 Å². The smallest absolute Gasteiger partial charge is 0.153 e. The molecule has 0 saturated carbocycles. The van der Waals surface area contributed by atoms with Gasteiger partial charge in [-0.25, -0.2) is 0 Å². The van der Waals surface area contributed by atoms with Crippen LogP contribution in [0.15, 0.2) is 48.5 Å². The van der Waals surface area contributed by atoms with Crippen molar-refractivity contribution in [2.45, 2.75) is 11.9 Å². The molecule has 3 aromatic rings. The molecule has 1 aromatic heterocycles. The number of aromatic amines is 1. The largest absolute Gasteiger partial charge is 0.346 e. The van der Waals surface area contributed by atoms with Crippen molar-refractivity contribution < 1.29 is 0 Å². The number of fused-ring (bicyclic) bond motifs is 1. The Labute approximate surface area is 140 Å². The topological polar surface area (TPSA) is 44.0 Å². The highest BCUT2D eigenvalue weighted by Crippen LogP contribution is 2.41. The van der Waals surface area contributed by atoms with E-state index in [2.05, 4.69) is 45.5 Å². The molecule has 0 amide bonds. The minimum Gasteiger partial charge on any atom is -0.346 e. The first-order valence-corrected chi connectivity index (χ1v) is 8.24. The zero-order valence-electron chi connectivity index (χ0n) is 13.0. The van der Waals surface area contributed by atoms with Crippen LogP contribution in [0.25, 0.3) is 10.9 Å². The molecule has 1 aliphatic rings. The van der Waals surface area contributed by atoms with E-state index in [1.807, 2.05) is 30.3 Å². The van der Waals surface area contributed by atoms with E-state index in [0.717, 1.165) is 40.9 Å². The molecule has 1 saturated heterocycles. The number of hydrogen-bond acceptors (Lipinski definition) is 3. The minimum absolute atomic E-state index is 0.600. The van der Waals surface area contributed by atoms with Crippen LogP contribution in [0.2, 0.25) is 0 Å². The third kappa shape index (κ3) is 2.30. The van der Waals surface area contributed by atoms with Gasteiger partial charge in [-0.2, -0.15) is 5.10 Å². The highest BCUT2D eigenvalue weighted by molar-refractivity contribution is 6.26. The van der Waals surface area contributed by atoms with Crippen LogP contribution in [-0.2, 0) is 5.00 Å². The van der Waals surface area contributed by atoms with E-state index in [1.54, 1.807) is 0 Å². The molecule has 0 bridgehead atoms. The summed E-state index contributed by atoms with van der Waals surface area (Å²) < 4.78 is 0. The number of hydrogen-bond donors (Lipinski definition) is 2. The van der Waals surface area contributed by atoms with E-state index in [4.69, 9.17) is 11.6 Å². The Bertz CT molecular complexity index is 829. The number of nitrogens with one attached hydrogen (secondary N) is 2. The van der Waals surface area contributed by atoms with Crippen LogP contribution in [0.4, 0.5) is 5.69 Å². The van der Waals surface area contributed by atoms with Crippen molar-refractivity contribution in [1.82, 2.24) is 15.5 Å². The molecule has 0 radical (unpaired) electrons. The number of anilines is 1. The molecule has 1 aliphatic heterocycles. The molecule has 118 valence electrons. The maximum Gasteiger partial charge on any atom is 0.153 e. The number of aromatic nitrogens is 2. The predicted octanol–water partition coefficient (Wildman–Crippen LogP) is 3.37. The van der Waals surface area contributed by atoms with Gasteiger partial charge in [-0.1, -0.05) is 48.0 Å². The Morgan fingerprint density at radius 1 is 1.13 bits per heavy atom. The fraction of sp³-hybridized carbons (Fsp3) is 0.278. The lowest BCUT2D eigenvalue weighted by Gasteiger charge is -2.45. The number of halogens is 1. The predicted molar refractivity (Wildman–Crippen MR) is 95.0 cm³/mol. The first kappa shape index (κ1) is 14.5. The molecule has 0 spiro atoms. The van der Waals surface area contributed by atoms with Gasteiger partial charge in [0, 0.05) is 36.4 Å². The molecule has 1 fully saturated rings. The summed E-state index contributed by atoms with van der Waals surface area (Å²) in [5, 5.41) is 12.1. The van der Waals surface area contributed by atoms with E-state index in [0.29, 0.717) is 6.54 Å². The van der Waals surface area contributed by atoms with Crippen LogP contribution in [0, 0.1) is 6.92 Å². The van der Waals surface area contributed by atoms with Crippen LogP contribution >= 0.6 is 11.6 Å². The van der Waals surface area contributed by atoms with Crippen molar-refractivity contribution in [1.29, 1.82) is 0 Å². The molecule has 2 heterocycles. The van der Waals surface area contributed by atoms with Gasteiger partial charge in [-0.3, -0.25) is 5.10 Å². The van der Waals surface area contributed by atoms with Gasteiger partial charge >= 0.3 is 0 Å². The number of nitrogens with zero attached hydrogens (tertiary/aromatic N) is 2. The molecular formula is C18H19ClN4. The van der Waals surface area contributed by atoms with Crippen molar-refractivity contribution in [2.75, 3.05) is 24.5 Å². The van der Waals surface area contributed by atoms with Gasteiger partial charge < -0.3 is 10.2 Å². The van der Waals surface area contributed by atoms with Crippen LogP contribution in [0.5, 0.6) is 0 Å². The standard InChI is InChI=1S/C18H19ClN4/c1-13-17-15(22-21-13)8-5-9-16(17)23-11-10-20-12-18(23,19)14-6-3-2-4-7-14/h2-9,20H,10-12H2,1H3,(H,21,22). The van der Waals surface area contributed by atoms with Crippen LogP contribution < -0.4 is 10.2 Å². The van der Waals surface area contributed by atoms with Crippen LogP contribution in [-0.4, -0.2) is 29.8 Å². The molecule has 1 atom stereocenters. The molecule has 5 heteroatoms. The molecule has 1 unspecified atom stereocenters. The van der Waals surface area contributed by atoms with Crippen molar-refractivity contribution in [3.05, 3.63) is 59.8 Å². The average molecular weight is 327 g/mol. The molecule has 4 nitrogen and oxygen atoms in total. The molecule has 4 rings (SSSR count). The third-order valence-electron chi connectivity index (χ3n) is 4.55. The summed E-state index contributed by atoms with van der Waals surface area (Å²) in [7, 11) is 0. The van der Waals surface area contributed by atoms with E-state index >= 15 is 0 Å². The van der Waals surface area contributed by atoms with Crippen molar-refractivity contribution in [3.8, 4) is 0 Å². The van der Waals surface area contributed by atoms with Gasteiger partial charge in [-0.15, -0.1) is 0 Å². The minimum atomic E-state index is -0.600. The number of rotatable bonds is 2. The molecule has 23 heavy (non-hydrogen) atoms. The normalized spacial score (nSPS) is 21.7. The number of alkyl halides is 1. The highest BCUT2D eigenvalue weighted by atomic mass is 35.5. The molecule has 2 N–H and O–H groups in total. The highest BCUT2D eigenvalue weighted by Gasteiger charge is 2.39. The van der Waals surface area contributed by atoms with Gasteiger partial charge in [0.05, 0.1) is 5.52 Å². The summed E-state index contributed by atoms with van der Waals surface area (Å²) in [6, 6.07) is 16.5. The second-order valence-corrected chi connectivity index (χ2v) is 6.60. The van der Waals surface area contributed by atoms with E-state index in [-0.39, 0.29) is 0 Å². The van der Waals surface area contributed by atoms with Gasteiger partial charge in [-0.05, 0) is 24.6 Å². The maximum absolute atomic E-state index is 7.15. The SMILES string of the molecule is Cc1[nH]nc2cccc(N3CCNCC3(Cl)c3ccccc3)c12. The fourth-order valence-corrected chi connectivity index (χ4v) is 3.81. The zero-order chi connectivity index (χ0) is 15.9.